The molecule has 2 saturated heterocycles. The first-order chi connectivity index (χ1) is 9.29. The summed E-state index contributed by atoms with van der Waals surface area (Å²) in [5.41, 5.74) is 1.61. The number of hydrogen-bond donors (Lipinski definition) is 0. The fourth-order valence-corrected chi connectivity index (χ4v) is 3.46. The van der Waals surface area contributed by atoms with Gasteiger partial charge in [-0.15, -0.1) is 0 Å². The number of hydrogen-bond acceptors (Lipinski definition) is 3. The van der Waals surface area contributed by atoms with E-state index in [0.717, 1.165) is 18.8 Å². The number of halogens is 1. The second-order valence-electron chi connectivity index (χ2n) is 5.38. The molecule has 19 heavy (non-hydrogen) atoms. The minimum absolute atomic E-state index is 0.560. The number of likely N-dealkylation sites (tertiary alicyclic amines) is 1. The van der Waals surface area contributed by atoms with Crippen molar-refractivity contribution in [1.82, 2.24) is 4.90 Å². The fourth-order valence-electron chi connectivity index (χ4n) is 3.25. The van der Waals surface area contributed by atoms with Gasteiger partial charge in [0, 0.05) is 19.1 Å². The molecule has 2 aliphatic rings. The summed E-state index contributed by atoms with van der Waals surface area (Å²) >= 11 is 6.11. The predicted molar refractivity (Wildman–Crippen MR) is 77.6 cm³/mol. The highest BCUT2D eigenvalue weighted by molar-refractivity contribution is 6.32. The van der Waals surface area contributed by atoms with Crippen LogP contribution in [-0.2, 0) is 0 Å². The zero-order valence-corrected chi connectivity index (χ0v) is 11.7. The number of benzene rings is 1. The molecular weight excluding hydrogens is 258 g/mol. The molecule has 0 amide bonds. The van der Waals surface area contributed by atoms with Crippen molar-refractivity contribution >= 4 is 17.3 Å². The van der Waals surface area contributed by atoms with Gasteiger partial charge in [0.1, 0.15) is 6.07 Å². The van der Waals surface area contributed by atoms with Crippen molar-refractivity contribution in [3.8, 4) is 6.07 Å². The minimum atomic E-state index is 0.560. The van der Waals surface area contributed by atoms with Gasteiger partial charge in [-0.05, 0) is 44.5 Å². The molecule has 4 heteroatoms. The third-order valence-electron chi connectivity index (χ3n) is 4.26. The van der Waals surface area contributed by atoms with Gasteiger partial charge >= 0.3 is 0 Å². The van der Waals surface area contributed by atoms with Gasteiger partial charge in [-0.25, -0.2) is 0 Å². The highest BCUT2D eigenvalue weighted by Crippen LogP contribution is 2.31. The fraction of sp³-hybridized carbons (Fsp3) is 0.533. The third-order valence-corrected chi connectivity index (χ3v) is 4.58. The van der Waals surface area contributed by atoms with E-state index < -0.39 is 0 Å². The van der Waals surface area contributed by atoms with Crippen LogP contribution in [0.3, 0.4) is 0 Å². The van der Waals surface area contributed by atoms with Gasteiger partial charge in [0.15, 0.2) is 0 Å². The summed E-state index contributed by atoms with van der Waals surface area (Å²) in [6.07, 6.45) is 3.85. The van der Waals surface area contributed by atoms with E-state index in [4.69, 9.17) is 11.6 Å². The molecule has 1 aromatic carbocycles. The Balaban J connectivity index is 1.78. The molecular formula is C15H18ClN3. The lowest BCUT2D eigenvalue weighted by Gasteiger charge is -2.25. The second kappa shape index (κ2) is 5.40. The van der Waals surface area contributed by atoms with E-state index in [1.165, 1.54) is 32.4 Å². The van der Waals surface area contributed by atoms with E-state index in [2.05, 4.69) is 15.9 Å². The summed E-state index contributed by atoms with van der Waals surface area (Å²) in [5, 5.41) is 9.83. The molecule has 1 aromatic rings. The van der Waals surface area contributed by atoms with Gasteiger partial charge < -0.3 is 4.90 Å². The normalized spacial score (nSPS) is 23.8. The molecule has 0 N–H and O–H groups in total. The molecule has 0 spiro atoms. The summed E-state index contributed by atoms with van der Waals surface area (Å²) in [4.78, 5) is 4.91. The highest BCUT2D eigenvalue weighted by Gasteiger charge is 2.30. The lowest BCUT2D eigenvalue weighted by Crippen LogP contribution is -2.35. The van der Waals surface area contributed by atoms with E-state index in [0.29, 0.717) is 16.6 Å². The smallest absolute Gasteiger partial charge is 0.103 e. The number of nitriles is 1. The Hall–Kier alpha value is -1.24. The average Bonchev–Trinajstić information content (AvgIpc) is 3.09. The van der Waals surface area contributed by atoms with Crippen molar-refractivity contribution in [2.24, 2.45) is 0 Å². The number of rotatable bonds is 2. The molecule has 0 saturated carbocycles. The molecule has 2 heterocycles. The van der Waals surface area contributed by atoms with Crippen LogP contribution in [-0.4, -0.2) is 37.1 Å². The number of nitrogens with zero attached hydrogens (tertiary/aromatic N) is 3. The SMILES string of the molecule is N#Cc1c(Cl)cccc1N1CCC(N2CCCC2)C1. The first-order valence-electron chi connectivity index (χ1n) is 6.97. The Morgan fingerprint density at radius 3 is 2.74 bits per heavy atom. The van der Waals surface area contributed by atoms with Crippen LogP contribution in [0, 0.1) is 11.3 Å². The minimum Gasteiger partial charge on any atom is -0.369 e. The Bertz CT molecular complexity index is 503. The molecule has 100 valence electrons. The molecule has 0 radical (unpaired) electrons. The van der Waals surface area contributed by atoms with Gasteiger partial charge in [0.25, 0.3) is 0 Å². The summed E-state index contributed by atoms with van der Waals surface area (Å²) in [5.74, 6) is 0. The monoisotopic (exact) mass is 275 g/mol. The Morgan fingerprint density at radius 2 is 2.00 bits per heavy atom. The summed E-state index contributed by atoms with van der Waals surface area (Å²) in [7, 11) is 0. The molecule has 2 aliphatic heterocycles. The lowest BCUT2D eigenvalue weighted by atomic mass is 10.2. The van der Waals surface area contributed by atoms with Crippen LogP contribution in [0.2, 0.25) is 5.02 Å². The Morgan fingerprint density at radius 1 is 1.21 bits per heavy atom. The summed E-state index contributed by atoms with van der Waals surface area (Å²) < 4.78 is 0. The summed E-state index contributed by atoms with van der Waals surface area (Å²) in [6.45, 7) is 4.52. The largest absolute Gasteiger partial charge is 0.369 e. The molecule has 0 aliphatic carbocycles. The van der Waals surface area contributed by atoms with Crippen LogP contribution in [0.15, 0.2) is 18.2 Å². The highest BCUT2D eigenvalue weighted by atomic mass is 35.5. The Labute approximate surface area is 119 Å². The Kier molecular flexibility index (Phi) is 3.63. The van der Waals surface area contributed by atoms with Crippen molar-refractivity contribution < 1.29 is 0 Å². The molecule has 0 aromatic heterocycles. The standard InChI is InChI=1S/C15H18ClN3/c16-14-4-3-5-15(13(14)10-17)19-9-6-12(11-19)18-7-1-2-8-18/h3-5,12H,1-2,6-9,11H2. The van der Waals surface area contributed by atoms with Crippen molar-refractivity contribution in [3.05, 3.63) is 28.8 Å². The molecule has 3 rings (SSSR count). The van der Waals surface area contributed by atoms with Gasteiger partial charge in [-0.1, -0.05) is 17.7 Å². The van der Waals surface area contributed by atoms with Crippen molar-refractivity contribution in [1.29, 1.82) is 5.26 Å². The van der Waals surface area contributed by atoms with E-state index >= 15 is 0 Å². The van der Waals surface area contributed by atoms with Crippen LogP contribution in [0.4, 0.5) is 5.69 Å². The summed E-state index contributed by atoms with van der Waals surface area (Å²) in [6, 6.07) is 8.62. The van der Waals surface area contributed by atoms with Gasteiger partial charge in [0.2, 0.25) is 0 Å². The van der Waals surface area contributed by atoms with E-state index in [9.17, 15) is 5.26 Å². The van der Waals surface area contributed by atoms with E-state index in [1.54, 1.807) is 6.07 Å². The topological polar surface area (TPSA) is 30.3 Å². The van der Waals surface area contributed by atoms with Crippen LogP contribution >= 0.6 is 11.6 Å². The van der Waals surface area contributed by atoms with Gasteiger partial charge in [-0.3, -0.25) is 4.90 Å². The average molecular weight is 276 g/mol. The lowest BCUT2D eigenvalue weighted by molar-refractivity contribution is 0.260. The quantitative estimate of drug-likeness (QED) is 0.831. The third kappa shape index (κ3) is 2.43. The maximum atomic E-state index is 9.27. The first-order valence-corrected chi connectivity index (χ1v) is 7.35. The van der Waals surface area contributed by atoms with Gasteiger partial charge in [0.05, 0.1) is 16.3 Å². The first kappa shape index (κ1) is 12.8. The maximum absolute atomic E-state index is 9.27. The van der Waals surface area contributed by atoms with E-state index in [1.807, 2.05) is 12.1 Å². The second-order valence-corrected chi connectivity index (χ2v) is 5.78. The van der Waals surface area contributed by atoms with Crippen LogP contribution in [0.1, 0.15) is 24.8 Å². The molecule has 1 unspecified atom stereocenters. The molecule has 0 bridgehead atoms. The van der Waals surface area contributed by atoms with Gasteiger partial charge in [-0.2, -0.15) is 5.26 Å². The maximum Gasteiger partial charge on any atom is 0.103 e. The van der Waals surface area contributed by atoms with Crippen molar-refractivity contribution in [3.63, 3.8) is 0 Å². The molecule has 1 atom stereocenters. The van der Waals surface area contributed by atoms with Crippen LogP contribution < -0.4 is 4.90 Å². The molecule has 3 nitrogen and oxygen atoms in total. The van der Waals surface area contributed by atoms with Crippen LogP contribution in [0.25, 0.3) is 0 Å². The number of anilines is 1. The zero-order valence-electron chi connectivity index (χ0n) is 11.0. The predicted octanol–water partition coefficient (Wildman–Crippen LogP) is 2.89. The van der Waals surface area contributed by atoms with Crippen molar-refractivity contribution in [2.45, 2.75) is 25.3 Å². The zero-order chi connectivity index (χ0) is 13.2. The molecule has 2 fully saturated rings. The van der Waals surface area contributed by atoms with E-state index in [-0.39, 0.29) is 0 Å². The van der Waals surface area contributed by atoms with Crippen molar-refractivity contribution in [2.75, 3.05) is 31.1 Å². The van der Waals surface area contributed by atoms with Crippen LogP contribution in [0.5, 0.6) is 0 Å².